The fourth-order valence-corrected chi connectivity index (χ4v) is 3.95. The van der Waals surface area contributed by atoms with Crippen LogP contribution < -0.4 is 10.6 Å². The van der Waals surface area contributed by atoms with Crippen LogP contribution >= 0.6 is 0 Å². The van der Waals surface area contributed by atoms with Gasteiger partial charge in [0.2, 0.25) is 5.91 Å². The van der Waals surface area contributed by atoms with Gasteiger partial charge >= 0.3 is 6.03 Å². The molecule has 1 saturated heterocycles. The van der Waals surface area contributed by atoms with Gasteiger partial charge in [0, 0.05) is 31.2 Å². The number of amides is 3. The van der Waals surface area contributed by atoms with Gasteiger partial charge in [-0.2, -0.15) is 0 Å². The molecule has 5 heteroatoms. The first kappa shape index (κ1) is 21.9. The van der Waals surface area contributed by atoms with E-state index >= 15 is 0 Å². The number of likely N-dealkylation sites (tertiary alicyclic amines) is 1. The maximum Gasteiger partial charge on any atom is 0.321 e. The van der Waals surface area contributed by atoms with Crippen molar-refractivity contribution in [2.45, 2.75) is 40.0 Å². The number of piperidine rings is 1. The first-order valence-corrected chi connectivity index (χ1v) is 10.8. The summed E-state index contributed by atoms with van der Waals surface area (Å²) in [5.41, 5.74) is 3.19. The van der Waals surface area contributed by atoms with Crippen LogP contribution in [0.1, 0.15) is 37.8 Å². The molecule has 0 saturated carbocycles. The molecule has 0 aliphatic carbocycles. The monoisotopic (exact) mass is 407 g/mol. The summed E-state index contributed by atoms with van der Waals surface area (Å²) in [6, 6.07) is 18.1. The van der Waals surface area contributed by atoms with Gasteiger partial charge in [-0.05, 0) is 54.9 Å². The summed E-state index contributed by atoms with van der Waals surface area (Å²) in [5, 5.41) is 6.10. The number of nitrogens with one attached hydrogen (secondary N) is 2. The van der Waals surface area contributed by atoms with Crippen molar-refractivity contribution in [1.82, 2.24) is 10.2 Å². The summed E-state index contributed by atoms with van der Waals surface area (Å²) in [6.07, 6.45) is 2.32. The standard InChI is InChI=1S/C25H33N3O2/c1-19-8-7-11-22(16-19)27-24(30)28-14-12-21(13-15-28)23(29)26-18-25(2,3)17-20-9-5-4-6-10-20/h4-11,16,21H,12-15,17-18H2,1-3H3,(H,26,29)(H,27,30). The highest BCUT2D eigenvalue weighted by molar-refractivity contribution is 5.89. The smallest absolute Gasteiger partial charge is 0.321 e. The van der Waals surface area contributed by atoms with Crippen molar-refractivity contribution >= 4 is 17.6 Å². The van der Waals surface area contributed by atoms with Gasteiger partial charge in [-0.15, -0.1) is 0 Å². The molecule has 2 aromatic rings. The number of carbonyl (C=O) groups is 2. The maximum atomic E-state index is 12.7. The van der Waals surface area contributed by atoms with Crippen molar-refractivity contribution in [1.29, 1.82) is 0 Å². The lowest BCUT2D eigenvalue weighted by Crippen LogP contribution is -2.46. The third-order valence-corrected chi connectivity index (χ3v) is 5.69. The molecule has 3 amide bonds. The Bertz CT molecular complexity index is 856. The van der Waals surface area contributed by atoms with E-state index in [1.54, 1.807) is 4.90 Å². The lowest BCUT2D eigenvalue weighted by molar-refractivity contribution is -0.126. The predicted octanol–water partition coefficient (Wildman–Crippen LogP) is 4.62. The van der Waals surface area contributed by atoms with E-state index in [9.17, 15) is 9.59 Å². The fourth-order valence-electron chi connectivity index (χ4n) is 3.95. The van der Waals surface area contributed by atoms with Crippen LogP contribution in [0.2, 0.25) is 0 Å². The van der Waals surface area contributed by atoms with E-state index in [2.05, 4.69) is 36.6 Å². The minimum atomic E-state index is -0.0940. The second kappa shape index (κ2) is 9.79. The van der Waals surface area contributed by atoms with E-state index in [1.165, 1.54) is 5.56 Å². The van der Waals surface area contributed by atoms with Crippen LogP contribution in [0.25, 0.3) is 0 Å². The topological polar surface area (TPSA) is 61.4 Å². The van der Waals surface area contributed by atoms with Crippen molar-refractivity contribution in [3.8, 4) is 0 Å². The van der Waals surface area contributed by atoms with Crippen molar-refractivity contribution < 1.29 is 9.59 Å². The van der Waals surface area contributed by atoms with Crippen LogP contribution in [0.15, 0.2) is 54.6 Å². The molecule has 1 heterocycles. The van der Waals surface area contributed by atoms with Gasteiger partial charge in [0.1, 0.15) is 0 Å². The second-order valence-electron chi connectivity index (χ2n) is 9.11. The largest absolute Gasteiger partial charge is 0.355 e. The Hall–Kier alpha value is -2.82. The second-order valence-corrected chi connectivity index (χ2v) is 9.11. The van der Waals surface area contributed by atoms with Crippen LogP contribution in [-0.4, -0.2) is 36.5 Å². The zero-order valence-electron chi connectivity index (χ0n) is 18.3. The number of urea groups is 1. The number of aryl methyl sites for hydroxylation is 1. The van der Waals surface area contributed by atoms with E-state index in [-0.39, 0.29) is 23.3 Å². The molecule has 0 spiro atoms. The Morgan fingerprint density at radius 1 is 1.03 bits per heavy atom. The van der Waals surface area contributed by atoms with Crippen LogP contribution in [0.5, 0.6) is 0 Å². The van der Waals surface area contributed by atoms with E-state index in [4.69, 9.17) is 0 Å². The summed E-state index contributed by atoms with van der Waals surface area (Å²) in [6.45, 7) is 8.21. The first-order chi connectivity index (χ1) is 14.3. The Morgan fingerprint density at radius 3 is 2.40 bits per heavy atom. The number of benzene rings is 2. The SMILES string of the molecule is Cc1cccc(NC(=O)N2CCC(C(=O)NCC(C)(C)Cc3ccccc3)CC2)c1. The van der Waals surface area contributed by atoms with Gasteiger partial charge in [-0.3, -0.25) is 4.79 Å². The van der Waals surface area contributed by atoms with Crippen LogP contribution in [-0.2, 0) is 11.2 Å². The van der Waals surface area contributed by atoms with Crippen molar-refractivity contribution in [3.05, 3.63) is 65.7 Å². The van der Waals surface area contributed by atoms with Gasteiger partial charge in [-0.1, -0.05) is 56.3 Å². The fraction of sp³-hybridized carbons (Fsp3) is 0.440. The average Bonchev–Trinajstić information content (AvgIpc) is 2.72. The molecule has 1 aliphatic rings. The lowest BCUT2D eigenvalue weighted by atomic mass is 9.85. The number of anilines is 1. The van der Waals surface area contributed by atoms with E-state index in [0.29, 0.717) is 32.5 Å². The van der Waals surface area contributed by atoms with Gasteiger partial charge in [0.05, 0.1) is 0 Å². The number of rotatable bonds is 6. The molecule has 0 radical (unpaired) electrons. The Kier molecular flexibility index (Phi) is 7.14. The highest BCUT2D eigenvalue weighted by Gasteiger charge is 2.28. The van der Waals surface area contributed by atoms with Gasteiger partial charge in [0.25, 0.3) is 0 Å². The van der Waals surface area contributed by atoms with Crippen LogP contribution in [0, 0.1) is 18.3 Å². The van der Waals surface area contributed by atoms with E-state index in [1.807, 2.05) is 49.4 Å². The molecule has 2 N–H and O–H groups in total. The van der Waals surface area contributed by atoms with Crippen LogP contribution in [0.3, 0.4) is 0 Å². The molecule has 0 atom stereocenters. The van der Waals surface area contributed by atoms with Crippen molar-refractivity contribution in [3.63, 3.8) is 0 Å². The average molecular weight is 408 g/mol. The minimum absolute atomic E-state index is 0.00852. The number of hydrogen-bond donors (Lipinski definition) is 2. The molecule has 0 aromatic heterocycles. The zero-order valence-corrected chi connectivity index (χ0v) is 18.3. The first-order valence-electron chi connectivity index (χ1n) is 10.8. The zero-order chi connectivity index (χ0) is 21.6. The van der Waals surface area contributed by atoms with Crippen molar-refractivity contribution in [2.24, 2.45) is 11.3 Å². The Labute approximate surface area is 179 Å². The van der Waals surface area contributed by atoms with Crippen molar-refractivity contribution in [2.75, 3.05) is 25.0 Å². The summed E-state index contributed by atoms with van der Waals surface area (Å²) in [7, 11) is 0. The van der Waals surface area contributed by atoms with Crippen LogP contribution in [0.4, 0.5) is 10.5 Å². The quantitative estimate of drug-likeness (QED) is 0.734. The third kappa shape index (κ3) is 6.34. The summed E-state index contributed by atoms with van der Waals surface area (Å²) >= 11 is 0. The summed E-state index contributed by atoms with van der Waals surface area (Å²) in [4.78, 5) is 27.0. The third-order valence-electron chi connectivity index (χ3n) is 5.69. The molecule has 1 fully saturated rings. The number of carbonyl (C=O) groups excluding carboxylic acids is 2. The molecule has 3 rings (SSSR count). The Morgan fingerprint density at radius 2 is 1.73 bits per heavy atom. The minimum Gasteiger partial charge on any atom is -0.355 e. The number of hydrogen-bond acceptors (Lipinski definition) is 2. The molecular formula is C25H33N3O2. The van der Waals surface area contributed by atoms with Gasteiger partial charge in [-0.25, -0.2) is 4.79 Å². The summed E-state index contributed by atoms with van der Waals surface area (Å²) < 4.78 is 0. The highest BCUT2D eigenvalue weighted by atomic mass is 16.2. The predicted molar refractivity (Wildman–Crippen MR) is 121 cm³/mol. The molecule has 2 aromatic carbocycles. The van der Waals surface area contributed by atoms with Gasteiger partial charge in [0.15, 0.2) is 0 Å². The Balaban J connectivity index is 1.43. The molecule has 5 nitrogen and oxygen atoms in total. The molecule has 160 valence electrons. The van der Waals surface area contributed by atoms with E-state index < -0.39 is 0 Å². The maximum absolute atomic E-state index is 12.7. The summed E-state index contributed by atoms with van der Waals surface area (Å²) in [5.74, 6) is 0.0791. The molecule has 1 aliphatic heterocycles. The lowest BCUT2D eigenvalue weighted by Gasteiger charge is -2.32. The normalized spacial score (nSPS) is 15.0. The molecule has 0 unspecified atom stereocenters. The molecule has 30 heavy (non-hydrogen) atoms. The number of nitrogens with zero attached hydrogens (tertiary/aromatic N) is 1. The molecule has 0 bridgehead atoms. The van der Waals surface area contributed by atoms with Gasteiger partial charge < -0.3 is 15.5 Å². The highest BCUT2D eigenvalue weighted by Crippen LogP contribution is 2.23. The van der Waals surface area contributed by atoms with E-state index in [0.717, 1.165) is 17.7 Å². The molecular weight excluding hydrogens is 374 g/mol.